The summed E-state index contributed by atoms with van der Waals surface area (Å²) >= 11 is 0. The summed E-state index contributed by atoms with van der Waals surface area (Å²) in [5.74, 6) is 0.359. The van der Waals surface area contributed by atoms with Crippen molar-refractivity contribution in [1.82, 2.24) is 0 Å². The Hall–Kier alpha value is -0.160. The van der Waals surface area contributed by atoms with Gasteiger partial charge in [-0.3, -0.25) is 0 Å². The second-order valence-electron chi connectivity index (χ2n) is 5.24. The van der Waals surface area contributed by atoms with Gasteiger partial charge in [0.15, 0.2) is 0 Å². The molecule has 0 amide bonds. The molecule has 0 bridgehead atoms. The molecule has 1 saturated carbocycles. The van der Waals surface area contributed by atoms with Gasteiger partial charge in [-0.15, -0.1) is 0 Å². The first-order chi connectivity index (χ1) is 6.73. The highest BCUT2D eigenvalue weighted by Gasteiger charge is 2.35. The van der Waals surface area contributed by atoms with Crippen molar-refractivity contribution in [3.8, 4) is 0 Å². The summed E-state index contributed by atoms with van der Waals surface area (Å²) < 4.78 is 0. The molecule has 0 aromatic heterocycles. The van der Waals surface area contributed by atoms with Gasteiger partial charge in [0.1, 0.15) is 0 Å². The average Bonchev–Trinajstić information content (AvgIpc) is 2.02. The van der Waals surface area contributed by atoms with Crippen LogP contribution in [0.2, 0.25) is 0 Å². The Morgan fingerprint density at radius 2 is 1.56 bits per heavy atom. The molecule has 4 heteroatoms. The lowest BCUT2D eigenvalue weighted by Crippen LogP contribution is -2.39. The highest BCUT2D eigenvalue weighted by atomic mass is 16.3. The first kappa shape index (κ1) is 18.2. The number of aliphatic hydroxyl groups is 3. The zero-order valence-corrected chi connectivity index (χ0v) is 11.0. The molecule has 1 fully saturated rings. The van der Waals surface area contributed by atoms with Gasteiger partial charge < -0.3 is 20.8 Å². The van der Waals surface area contributed by atoms with E-state index in [0.717, 1.165) is 25.7 Å². The van der Waals surface area contributed by atoms with Gasteiger partial charge in [-0.1, -0.05) is 0 Å². The van der Waals surface area contributed by atoms with Gasteiger partial charge in [-0.2, -0.15) is 0 Å². The monoisotopic (exact) mass is 236 g/mol. The van der Waals surface area contributed by atoms with Crippen LogP contribution in [0.1, 0.15) is 53.4 Å². The van der Waals surface area contributed by atoms with Crippen molar-refractivity contribution in [1.29, 1.82) is 0 Å². The molecular weight excluding hydrogens is 208 g/mol. The smallest absolute Gasteiger partial charge is 0.0620 e. The molecule has 0 radical (unpaired) electrons. The van der Waals surface area contributed by atoms with E-state index in [2.05, 4.69) is 0 Å². The molecule has 16 heavy (non-hydrogen) atoms. The summed E-state index contributed by atoms with van der Waals surface area (Å²) in [6.45, 7) is 7.53. The molecule has 1 aliphatic carbocycles. The van der Waals surface area contributed by atoms with Crippen molar-refractivity contribution in [2.75, 3.05) is 6.61 Å². The Bertz CT molecular complexity index is 162. The van der Waals surface area contributed by atoms with Crippen LogP contribution in [0.4, 0.5) is 0 Å². The third kappa shape index (κ3) is 7.17. The fourth-order valence-electron chi connectivity index (χ4n) is 1.95. The highest BCUT2D eigenvalue weighted by molar-refractivity contribution is 4.87. The van der Waals surface area contributed by atoms with E-state index in [1.807, 2.05) is 20.8 Å². The van der Waals surface area contributed by atoms with Gasteiger partial charge in [0.05, 0.1) is 11.2 Å². The van der Waals surface area contributed by atoms with Gasteiger partial charge in [-0.25, -0.2) is 0 Å². The molecule has 0 heterocycles. The molecule has 0 aliphatic heterocycles. The van der Waals surface area contributed by atoms with Crippen molar-refractivity contribution in [2.24, 2.45) is 5.92 Å². The molecule has 0 saturated heterocycles. The Kier molecular flexibility index (Phi) is 8.22. The molecule has 0 aromatic rings. The molecule has 4 nitrogen and oxygen atoms in total. The van der Waals surface area contributed by atoms with E-state index in [9.17, 15) is 10.2 Å². The zero-order valence-electron chi connectivity index (χ0n) is 11.0. The summed E-state index contributed by atoms with van der Waals surface area (Å²) in [4.78, 5) is 0. The van der Waals surface area contributed by atoms with Crippen LogP contribution in [0, 0.1) is 5.92 Å². The van der Waals surface area contributed by atoms with Crippen LogP contribution in [0.3, 0.4) is 0 Å². The van der Waals surface area contributed by atoms with Crippen LogP contribution in [0.15, 0.2) is 0 Å². The zero-order chi connectivity index (χ0) is 12.1. The standard InChI is InChI=1S/C10H20O2.C2H6O.H2O/c1-9(2,11)8-4-6-10(3,12)7-5-8;1-2-3;/h8,11-12H,4-7H2,1-3H3;3H,2H2,1H3;1H2. The second-order valence-corrected chi connectivity index (χ2v) is 5.24. The summed E-state index contributed by atoms with van der Waals surface area (Å²) in [7, 11) is 0. The SMILES string of the molecule is CC1(O)CCC(C(C)(C)O)CC1.CCO.O. The van der Waals surface area contributed by atoms with Crippen molar-refractivity contribution >= 4 is 0 Å². The second kappa shape index (κ2) is 7.22. The summed E-state index contributed by atoms with van der Waals surface area (Å²) in [6.07, 6.45) is 3.52. The van der Waals surface area contributed by atoms with Gasteiger partial charge in [0.25, 0.3) is 0 Å². The third-order valence-electron chi connectivity index (χ3n) is 3.06. The maximum Gasteiger partial charge on any atom is 0.0620 e. The fraction of sp³-hybridized carbons (Fsp3) is 1.00. The summed E-state index contributed by atoms with van der Waals surface area (Å²) in [6, 6.07) is 0. The van der Waals surface area contributed by atoms with E-state index in [0.29, 0.717) is 5.92 Å². The minimum absolute atomic E-state index is 0. The van der Waals surface area contributed by atoms with Crippen LogP contribution in [0.25, 0.3) is 0 Å². The Balaban J connectivity index is 0. The van der Waals surface area contributed by atoms with E-state index < -0.39 is 11.2 Å². The molecule has 100 valence electrons. The lowest BCUT2D eigenvalue weighted by atomic mass is 9.73. The van der Waals surface area contributed by atoms with E-state index in [1.165, 1.54) is 0 Å². The first-order valence-corrected chi connectivity index (χ1v) is 5.78. The minimum Gasteiger partial charge on any atom is -0.412 e. The van der Waals surface area contributed by atoms with Gasteiger partial charge in [0.2, 0.25) is 0 Å². The number of aliphatic hydroxyl groups excluding tert-OH is 1. The van der Waals surface area contributed by atoms with Crippen LogP contribution in [-0.4, -0.2) is 38.6 Å². The molecule has 1 aliphatic rings. The van der Waals surface area contributed by atoms with E-state index >= 15 is 0 Å². The maximum atomic E-state index is 9.73. The molecular formula is C12H28O4. The Labute approximate surface area is 98.6 Å². The predicted molar refractivity (Wildman–Crippen MR) is 65.3 cm³/mol. The van der Waals surface area contributed by atoms with Crippen LogP contribution < -0.4 is 0 Å². The molecule has 5 N–H and O–H groups in total. The normalized spacial score (nSPS) is 29.8. The number of hydrogen-bond donors (Lipinski definition) is 3. The quantitative estimate of drug-likeness (QED) is 0.631. The van der Waals surface area contributed by atoms with Crippen molar-refractivity contribution in [3.05, 3.63) is 0 Å². The van der Waals surface area contributed by atoms with Crippen molar-refractivity contribution in [2.45, 2.75) is 64.6 Å². The topological polar surface area (TPSA) is 92.2 Å². The fourth-order valence-corrected chi connectivity index (χ4v) is 1.95. The number of rotatable bonds is 1. The Morgan fingerprint density at radius 3 is 1.81 bits per heavy atom. The van der Waals surface area contributed by atoms with E-state index in [1.54, 1.807) is 6.92 Å². The predicted octanol–water partition coefficient (Wildman–Crippen LogP) is 0.872. The molecule has 0 atom stereocenters. The van der Waals surface area contributed by atoms with Crippen LogP contribution in [0.5, 0.6) is 0 Å². The summed E-state index contributed by atoms with van der Waals surface area (Å²) in [5.41, 5.74) is -1.06. The first-order valence-electron chi connectivity index (χ1n) is 5.78. The maximum absolute atomic E-state index is 9.73. The lowest BCUT2D eigenvalue weighted by molar-refractivity contribution is -0.0509. The Morgan fingerprint density at radius 1 is 1.25 bits per heavy atom. The van der Waals surface area contributed by atoms with Crippen molar-refractivity contribution < 1.29 is 20.8 Å². The average molecular weight is 236 g/mol. The lowest BCUT2D eigenvalue weighted by Gasteiger charge is -2.38. The summed E-state index contributed by atoms with van der Waals surface area (Å²) in [5, 5.41) is 27.0. The van der Waals surface area contributed by atoms with E-state index in [4.69, 9.17) is 5.11 Å². The van der Waals surface area contributed by atoms with Gasteiger partial charge in [0, 0.05) is 6.61 Å². The third-order valence-corrected chi connectivity index (χ3v) is 3.06. The van der Waals surface area contributed by atoms with Gasteiger partial charge >= 0.3 is 0 Å². The van der Waals surface area contributed by atoms with E-state index in [-0.39, 0.29) is 12.1 Å². The van der Waals surface area contributed by atoms with Gasteiger partial charge in [-0.05, 0) is 59.3 Å². The number of hydrogen-bond acceptors (Lipinski definition) is 3. The van der Waals surface area contributed by atoms with Crippen LogP contribution in [-0.2, 0) is 0 Å². The minimum atomic E-state index is -0.573. The molecule has 1 rings (SSSR count). The highest BCUT2D eigenvalue weighted by Crippen LogP contribution is 2.36. The largest absolute Gasteiger partial charge is 0.412 e. The van der Waals surface area contributed by atoms with Crippen LogP contribution >= 0.6 is 0 Å². The molecule has 0 unspecified atom stereocenters. The van der Waals surface area contributed by atoms with Crippen molar-refractivity contribution in [3.63, 3.8) is 0 Å². The molecule has 0 aromatic carbocycles. The molecule has 0 spiro atoms.